The first-order chi connectivity index (χ1) is 10.9. The molecule has 1 heterocycles. The van der Waals surface area contributed by atoms with E-state index in [0.29, 0.717) is 22.6 Å². The summed E-state index contributed by atoms with van der Waals surface area (Å²) in [7, 11) is -3.71. The molecule has 5 N–H and O–H groups in total. The summed E-state index contributed by atoms with van der Waals surface area (Å²) in [5.74, 6) is 0. The zero-order valence-electron chi connectivity index (χ0n) is 11.9. The summed E-state index contributed by atoms with van der Waals surface area (Å²) in [6.07, 6.45) is 1.66. The number of azo groups is 1. The Morgan fingerprint density at radius 2 is 1.65 bits per heavy atom. The minimum absolute atomic E-state index is 0.0265. The minimum Gasteiger partial charge on any atom is -0.397 e. The topological polar surface area (TPSA) is 124 Å². The van der Waals surface area contributed by atoms with Crippen molar-refractivity contribution in [3.05, 3.63) is 54.7 Å². The number of nitrogens with zero attached hydrogens (tertiary/aromatic N) is 3. The maximum absolute atomic E-state index is 9.15. The fourth-order valence-corrected chi connectivity index (χ4v) is 2.57. The van der Waals surface area contributed by atoms with Crippen LogP contribution in [0.15, 0.2) is 69.9 Å². The van der Waals surface area contributed by atoms with Crippen molar-refractivity contribution in [1.82, 2.24) is 4.98 Å². The zero-order valence-corrected chi connectivity index (χ0v) is 12.7. The van der Waals surface area contributed by atoms with E-state index in [1.807, 2.05) is 6.07 Å². The van der Waals surface area contributed by atoms with Crippen molar-refractivity contribution in [2.75, 3.05) is 5.73 Å². The molecule has 0 atom stereocenters. The van der Waals surface area contributed by atoms with Crippen LogP contribution in [0.5, 0.6) is 0 Å². The van der Waals surface area contributed by atoms with Gasteiger partial charge in [0.2, 0.25) is 0 Å². The highest BCUT2D eigenvalue weighted by Gasteiger charge is 2.14. The van der Waals surface area contributed by atoms with Gasteiger partial charge in [-0.2, -0.15) is 5.11 Å². The number of pyridine rings is 1. The average molecular weight is 330 g/mol. The first-order valence-corrected chi connectivity index (χ1v) is 8.11. The third kappa shape index (κ3) is 3.30. The number of nitrogens with two attached hydrogens (primary N) is 1. The van der Waals surface area contributed by atoms with Crippen molar-refractivity contribution < 1.29 is 13.7 Å². The Bertz CT molecular complexity index is 876. The lowest BCUT2D eigenvalue weighted by atomic mass is 10.1. The molecular weight excluding hydrogens is 316 g/mol. The Morgan fingerprint density at radius 3 is 2.35 bits per heavy atom. The van der Waals surface area contributed by atoms with Crippen LogP contribution in [0.2, 0.25) is 0 Å². The quantitative estimate of drug-likeness (QED) is 0.405. The second kappa shape index (κ2) is 5.94. The molecule has 0 aliphatic heterocycles. The van der Waals surface area contributed by atoms with Gasteiger partial charge in [0.05, 0.1) is 27.5 Å². The monoisotopic (exact) mass is 330 g/mol. The van der Waals surface area contributed by atoms with Crippen molar-refractivity contribution in [3.63, 3.8) is 0 Å². The molecule has 8 heteroatoms. The smallest absolute Gasteiger partial charge is 0.112 e. The molecule has 0 fully saturated rings. The van der Waals surface area contributed by atoms with Crippen LogP contribution in [0.3, 0.4) is 0 Å². The number of hydrogen-bond donors (Lipinski definition) is 4. The van der Waals surface area contributed by atoms with Crippen LogP contribution in [0, 0.1) is 0 Å². The van der Waals surface area contributed by atoms with Gasteiger partial charge in [-0.3, -0.25) is 4.98 Å². The molecule has 23 heavy (non-hydrogen) atoms. The third-order valence-electron chi connectivity index (χ3n) is 3.20. The van der Waals surface area contributed by atoms with Crippen LogP contribution < -0.4 is 5.73 Å². The molecule has 2 aromatic carbocycles. The van der Waals surface area contributed by atoms with E-state index in [-0.39, 0.29) is 4.90 Å². The van der Waals surface area contributed by atoms with Crippen molar-refractivity contribution in [3.8, 4) is 0 Å². The molecule has 1 aromatic heterocycles. The summed E-state index contributed by atoms with van der Waals surface area (Å²) in [5, 5.41) is 9.08. The van der Waals surface area contributed by atoms with E-state index < -0.39 is 10.9 Å². The molecule has 7 nitrogen and oxygen atoms in total. The number of hydrogen-bond acceptors (Lipinski definition) is 7. The third-order valence-corrected chi connectivity index (χ3v) is 4.11. The molecular formula is C15H14N4O3S. The lowest BCUT2D eigenvalue weighted by Gasteiger charge is -2.18. The predicted molar refractivity (Wildman–Crippen MR) is 90.5 cm³/mol. The fraction of sp³-hybridized carbons (Fsp3) is 0. The molecule has 0 aliphatic rings. The normalized spacial score (nSPS) is 12.8. The van der Waals surface area contributed by atoms with E-state index in [1.165, 1.54) is 24.3 Å². The summed E-state index contributed by atoms with van der Waals surface area (Å²) in [5.41, 5.74) is 8.24. The van der Waals surface area contributed by atoms with Gasteiger partial charge in [-0.15, -0.1) is 5.11 Å². The average Bonchev–Trinajstić information content (AvgIpc) is 2.54. The number of anilines is 1. The highest BCUT2D eigenvalue weighted by Crippen LogP contribution is 2.43. The van der Waals surface area contributed by atoms with Crippen LogP contribution in [-0.4, -0.2) is 18.6 Å². The SMILES string of the molecule is Nc1ccc(N=Nc2ccc(S(O)(O)O)cc2)c2cccnc12. The molecule has 0 amide bonds. The fourth-order valence-electron chi connectivity index (χ4n) is 2.07. The van der Waals surface area contributed by atoms with Gasteiger partial charge >= 0.3 is 0 Å². The predicted octanol–water partition coefficient (Wildman–Crippen LogP) is 4.81. The number of nitrogen functional groups attached to an aromatic ring is 1. The largest absolute Gasteiger partial charge is 0.397 e. The van der Waals surface area contributed by atoms with Gasteiger partial charge in [0, 0.05) is 11.6 Å². The summed E-state index contributed by atoms with van der Waals surface area (Å²) >= 11 is 0. The first-order valence-electron chi connectivity index (χ1n) is 6.61. The lowest BCUT2D eigenvalue weighted by Crippen LogP contribution is -1.94. The lowest BCUT2D eigenvalue weighted by molar-refractivity contribution is 0.376. The molecule has 0 bridgehead atoms. The van der Waals surface area contributed by atoms with Gasteiger partial charge in [0.15, 0.2) is 0 Å². The second-order valence-corrected chi connectivity index (χ2v) is 6.30. The Balaban J connectivity index is 1.93. The van der Waals surface area contributed by atoms with E-state index >= 15 is 0 Å². The van der Waals surface area contributed by atoms with E-state index in [2.05, 4.69) is 15.2 Å². The molecule has 0 unspecified atom stereocenters. The van der Waals surface area contributed by atoms with Crippen molar-refractivity contribution in [1.29, 1.82) is 0 Å². The zero-order chi connectivity index (χ0) is 16.4. The second-order valence-electron chi connectivity index (χ2n) is 4.79. The van der Waals surface area contributed by atoms with Gasteiger partial charge in [0.1, 0.15) is 10.9 Å². The molecule has 0 saturated carbocycles. The maximum atomic E-state index is 9.15. The van der Waals surface area contributed by atoms with Crippen molar-refractivity contribution in [2.45, 2.75) is 4.90 Å². The molecule has 0 radical (unpaired) electrons. The standard InChI is InChI=1S/C15H14N4O3S/c16-13-7-8-14(12-2-1-9-17-15(12)13)19-18-10-3-5-11(6-4-10)23(20,21)22/h1-9,20-22H,16H2. The van der Waals surface area contributed by atoms with E-state index in [4.69, 9.17) is 19.4 Å². The highest BCUT2D eigenvalue weighted by molar-refractivity contribution is 8.19. The highest BCUT2D eigenvalue weighted by atomic mass is 32.3. The molecule has 0 aliphatic carbocycles. The maximum Gasteiger partial charge on any atom is 0.112 e. The van der Waals surface area contributed by atoms with Crippen LogP contribution in [0.4, 0.5) is 17.1 Å². The Morgan fingerprint density at radius 1 is 0.913 bits per heavy atom. The van der Waals surface area contributed by atoms with E-state index in [1.54, 1.807) is 24.4 Å². The van der Waals surface area contributed by atoms with Gasteiger partial charge in [-0.05, 0) is 48.5 Å². The van der Waals surface area contributed by atoms with Gasteiger partial charge < -0.3 is 19.4 Å². The first kappa shape index (κ1) is 15.4. The molecule has 118 valence electrons. The molecule has 0 spiro atoms. The van der Waals surface area contributed by atoms with E-state index in [9.17, 15) is 0 Å². The summed E-state index contributed by atoms with van der Waals surface area (Å²) < 4.78 is 27.5. The number of fused-ring (bicyclic) bond motifs is 1. The summed E-state index contributed by atoms with van der Waals surface area (Å²) in [6.45, 7) is 0. The van der Waals surface area contributed by atoms with Gasteiger partial charge in [-0.1, -0.05) is 0 Å². The Labute approximate surface area is 133 Å². The van der Waals surface area contributed by atoms with E-state index in [0.717, 1.165) is 5.39 Å². The molecule has 3 rings (SSSR count). The van der Waals surface area contributed by atoms with Gasteiger partial charge in [-0.25, -0.2) is 0 Å². The Hall–Kier alpha value is -2.52. The molecule has 3 aromatic rings. The van der Waals surface area contributed by atoms with Crippen LogP contribution >= 0.6 is 10.9 Å². The van der Waals surface area contributed by atoms with Crippen LogP contribution in [0.25, 0.3) is 10.9 Å². The number of benzene rings is 2. The van der Waals surface area contributed by atoms with Crippen molar-refractivity contribution >= 4 is 38.8 Å². The summed E-state index contributed by atoms with van der Waals surface area (Å²) in [6, 6.07) is 12.9. The van der Waals surface area contributed by atoms with Crippen molar-refractivity contribution in [2.24, 2.45) is 10.2 Å². The van der Waals surface area contributed by atoms with Crippen LogP contribution in [-0.2, 0) is 0 Å². The number of aromatic nitrogens is 1. The summed E-state index contributed by atoms with van der Waals surface area (Å²) in [4.78, 5) is 4.25. The molecule has 0 saturated heterocycles. The van der Waals surface area contributed by atoms with Crippen LogP contribution in [0.1, 0.15) is 0 Å². The minimum atomic E-state index is -3.71. The van der Waals surface area contributed by atoms with Gasteiger partial charge in [0.25, 0.3) is 0 Å². The Kier molecular flexibility index (Phi) is 3.97. The number of rotatable bonds is 3.